The van der Waals surface area contributed by atoms with Crippen molar-refractivity contribution in [2.24, 2.45) is 0 Å². The molecule has 6 heteroatoms. The van der Waals surface area contributed by atoms with E-state index in [4.69, 9.17) is 9.15 Å². The van der Waals surface area contributed by atoms with Crippen molar-refractivity contribution < 1.29 is 13.9 Å². The van der Waals surface area contributed by atoms with Gasteiger partial charge in [-0.2, -0.15) is 0 Å². The molecule has 0 fully saturated rings. The molecule has 5 nitrogen and oxygen atoms in total. The zero-order valence-corrected chi connectivity index (χ0v) is 12.3. The molecule has 0 aliphatic rings. The number of oxazole rings is 1. The number of hydrogen-bond acceptors (Lipinski definition) is 6. The second kappa shape index (κ2) is 6.24. The molecule has 1 aromatic rings. The predicted molar refractivity (Wildman–Crippen MR) is 70.8 cm³/mol. The van der Waals surface area contributed by atoms with Gasteiger partial charge in [0, 0.05) is 5.75 Å². The molecule has 0 saturated carbocycles. The molecule has 102 valence electrons. The third-order valence-electron chi connectivity index (χ3n) is 3.02. The van der Waals surface area contributed by atoms with Gasteiger partial charge in [-0.1, -0.05) is 11.8 Å². The molecule has 18 heavy (non-hydrogen) atoms. The van der Waals surface area contributed by atoms with Crippen LogP contribution in [0.5, 0.6) is 0 Å². The maximum atomic E-state index is 11.6. The van der Waals surface area contributed by atoms with E-state index in [1.807, 2.05) is 20.8 Å². The molecule has 1 rings (SSSR count). The molecular formula is C12H20N2O3S. The highest BCUT2D eigenvalue weighted by Gasteiger charge is 2.32. The van der Waals surface area contributed by atoms with Crippen LogP contribution in [0.25, 0.3) is 0 Å². The largest absolute Gasteiger partial charge is 0.468 e. The maximum Gasteiger partial charge on any atom is 0.325 e. The van der Waals surface area contributed by atoms with Crippen molar-refractivity contribution in [2.45, 2.75) is 38.0 Å². The Morgan fingerprint density at radius 1 is 1.56 bits per heavy atom. The molecule has 1 heterocycles. The number of thioether (sulfide) groups is 1. The Kier molecular flexibility index (Phi) is 5.22. The second-order valence-corrected chi connectivity index (χ2v) is 5.34. The van der Waals surface area contributed by atoms with E-state index in [0.717, 1.165) is 17.2 Å². The summed E-state index contributed by atoms with van der Waals surface area (Å²) in [4.78, 5) is 15.9. The average molecular weight is 272 g/mol. The Balaban J connectivity index is 2.52. The smallest absolute Gasteiger partial charge is 0.325 e. The summed E-state index contributed by atoms with van der Waals surface area (Å²) >= 11 is 1.50. The number of rotatable bonds is 6. The molecule has 1 atom stereocenters. The molecule has 1 aromatic heterocycles. The van der Waals surface area contributed by atoms with Gasteiger partial charge in [0.05, 0.1) is 12.8 Å². The second-order valence-electron chi connectivity index (χ2n) is 4.29. The van der Waals surface area contributed by atoms with Crippen molar-refractivity contribution >= 4 is 17.7 Å². The van der Waals surface area contributed by atoms with E-state index in [1.54, 1.807) is 7.05 Å². The van der Waals surface area contributed by atoms with Crippen LogP contribution in [0.2, 0.25) is 0 Å². The van der Waals surface area contributed by atoms with Crippen LogP contribution in [0.3, 0.4) is 0 Å². The van der Waals surface area contributed by atoms with Crippen LogP contribution in [0, 0.1) is 13.8 Å². The number of nitrogens with one attached hydrogen (secondary N) is 1. The predicted octanol–water partition coefficient (Wildman–Crippen LogP) is 1.92. The number of methoxy groups -OCH3 is 1. The standard InChI is InChI=1S/C12H20N2O3S/c1-8-9(2)17-11(14-8)18-7-6-12(3,13-4)10(15)16-5/h13H,6-7H2,1-5H3. The minimum Gasteiger partial charge on any atom is -0.468 e. The van der Waals surface area contributed by atoms with E-state index < -0.39 is 5.54 Å². The molecule has 1 unspecified atom stereocenters. The third kappa shape index (κ3) is 3.49. The molecule has 0 aliphatic heterocycles. The van der Waals surface area contributed by atoms with Gasteiger partial charge in [0.25, 0.3) is 5.22 Å². The summed E-state index contributed by atoms with van der Waals surface area (Å²) in [7, 11) is 3.15. The van der Waals surface area contributed by atoms with E-state index in [2.05, 4.69) is 10.3 Å². The zero-order chi connectivity index (χ0) is 13.8. The number of hydrogen-bond donors (Lipinski definition) is 1. The highest BCUT2D eigenvalue weighted by atomic mass is 32.2. The normalized spacial score (nSPS) is 14.3. The van der Waals surface area contributed by atoms with E-state index in [9.17, 15) is 4.79 Å². The van der Waals surface area contributed by atoms with Crippen LogP contribution in [0.1, 0.15) is 24.8 Å². The summed E-state index contributed by atoms with van der Waals surface area (Å²) in [6, 6.07) is 0. The fourth-order valence-corrected chi connectivity index (χ4v) is 2.47. The van der Waals surface area contributed by atoms with Gasteiger partial charge >= 0.3 is 5.97 Å². The molecule has 0 radical (unpaired) electrons. The molecular weight excluding hydrogens is 252 g/mol. The number of aryl methyl sites for hydroxylation is 2. The lowest BCUT2D eigenvalue weighted by molar-refractivity contribution is -0.147. The van der Waals surface area contributed by atoms with Crippen LogP contribution in [0.15, 0.2) is 9.64 Å². The van der Waals surface area contributed by atoms with E-state index in [1.165, 1.54) is 18.9 Å². The van der Waals surface area contributed by atoms with Gasteiger partial charge in [0.2, 0.25) is 0 Å². The van der Waals surface area contributed by atoms with Crippen LogP contribution < -0.4 is 5.32 Å². The summed E-state index contributed by atoms with van der Waals surface area (Å²) in [5.41, 5.74) is 0.236. The average Bonchev–Trinajstić information content (AvgIpc) is 2.67. The molecule has 0 amide bonds. The number of carbonyl (C=O) groups excluding carboxylic acids is 1. The third-order valence-corrected chi connectivity index (χ3v) is 3.85. The topological polar surface area (TPSA) is 64.4 Å². The van der Waals surface area contributed by atoms with Gasteiger partial charge < -0.3 is 14.5 Å². The molecule has 0 bridgehead atoms. The van der Waals surface area contributed by atoms with Crippen molar-refractivity contribution in [3.8, 4) is 0 Å². The first-order chi connectivity index (χ1) is 8.42. The molecule has 0 spiro atoms. The Labute approximate surface area is 112 Å². The van der Waals surface area contributed by atoms with Gasteiger partial charge in [-0.15, -0.1) is 0 Å². The molecule has 0 aliphatic carbocycles. The van der Waals surface area contributed by atoms with E-state index in [0.29, 0.717) is 11.6 Å². The van der Waals surface area contributed by atoms with Gasteiger partial charge in [-0.05, 0) is 34.2 Å². The number of carbonyl (C=O) groups is 1. The number of aromatic nitrogens is 1. The summed E-state index contributed by atoms with van der Waals surface area (Å²) in [6.07, 6.45) is 0.640. The molecule has 1 N–H and O–H groups in total. The van der Waals surface area contributed by atoms with Gasteiger partial charge in [0.1, 0.15) is 11.3 Å². The van der Waals surface area contributed by atoms with Crippen LogP contribution in [0.4, 0.5) is 0 Å². The first-order valence-corrected chi connectivity index (χ1v) is 6.75. The number of nitrogens with zero attached hydrogens (tertiary/aromatic N) is 1. The lowest BCUT2D eigenvalue weighted by Gasteiger charge is -2.25. The van der Waals surface area contributed by atoms with Crippen molar-refractivity contribution in [1.82, 2.24) is 10.3 Å². The quantitative estimate of drug-likeness (QED) is 0.630. The number of ether oxygens (including phenoxy) is 1. The maximum absolute atomic E-state index is 11.6. The Morgan fingerprint density at radius 2 is 2.22 bits per heavy atom. The summed E-state index contributed by atoms with van der Waals surface area (Å²) in [5, 5.41) is 3.64. The Hall–Kier alpha value is -1.01. The minimum absolute atomic E-state index is 0.259. The summed E-state index contributed by atoms with van der Waals surface area (Å²) in [6.45, 7) is 5.62. The van der Waals surface area contributed by atoms with E-state index in [-0.39, 0.29) is 5.97 Å². The molecule has 0 aromatic carbocycles. The van der Waals surface area contributed by atoms with Crippen molar-refractivity contribution in [3.63, 3.8) is 0 Å². The van der Waals surface area contributed by atoms with Gasteiger partial charge in [0.15, 0.2) is 0 Å². The first-order valence-electron chi connectivity index (χ1n) is 5.77. The highest BCUT2D eigenvalue weighted by molar-refractivity contribution is 7.99. The fourth-order valence-electron chi connectivity index (χ4n) is 1.40. The van der Waals surface area contributed by atoms with Crippen molar-refractivity contribution in [2.75, 3.05) is 19.9 Å². The lowest BCUT2D eigenvalue weighted by Crippen LogP contribution is -2.48. The fraction of sp³-hybridized carbons (Fsp3) is 0.667. The van der Waals surface area contributed by atoms with Gasteiger partial charge in [-0.25, -0.2) is 4.98 Å². The number of esters is 1. The molecule has 0 saturated heterocycles. The van der Waals surface area contributed by atoms with Gasteiger partial charge in [-0.3, -0.25) is 4.79 Å². The van der Waals surface area contributed by atoms with Crippen molar-refractivity contribution in [1.29, 1.82) is 0 Å². The Morgan fingerprint density at radius 3 is 2.67 bits per heavy atom. The Bertz CT molecular complexity index is 400. The van der Waals surface area contributed by atoms with Crippen molar-refractivity contribution in [3.05, 3.63) is 11.5 Å². The van der Waals surface area contributed by atoms with Crippen LogP contribution in [-0.4, -0.2) is 36.4 Å². The highest BCUT2D eigenvalue weighted by Crippen LogP contribution is 2.23. The minimum atomic E-state index is -0.668. The zero-order valence-electron chi connectivity index (χ0n) is 11.5. The number of likely N-dealkylation sites (N-methyl/N-ethyl adjacent to an activating group) is 1. The SMILES string of the molecule is CNC(C)(CCSc1nc(C)c(C)o1)C(=O)OC. The summed E-state index contributed by atoms with van der Waals surface area (Å²) < 4.78 is 10.2. The van der Waals surface area contributed by atoms with E-state index >= 15 is 0 Å². The van der Waals surface area contributed by atoms with Crippen LogP contribution >= 0.6 is 11.8 Å². The monoisotopic (exact) mass is 272 g/mol. The first kappa shape index (κ1) is 15.0. The van der Waals surface area contributed by atoms with Crippen LogP contribution in [-0.2, 0) is 9.53 Å². The summed E-state index contributed by atoms with van der Waals surface area (Å²) in [5.74, 6) is 1.30. The lowest BCUT2D eigenvalue weighted by atomic mass is 10.00.